The zero-order chi connectivity index (χ0) is 93.5. The fourth-order valence-corrected chi connectivity index (χ4v) is 23.6. The third-order valence-electron chi connectivity index (χ3n) is 23.8. The molecule has 0 saturated carbocycles. The highest BCUT2D eigenvalue weighted by atomic mass is 35.5. The molecule has 7 aromatic carbocycles. The van der Waals surface area contributed by atoms with E-state index in [1.165, 1.54) is 25.0 Å². The summed E-state index contributed by atoms with van der Waals surface area (Å²) < 4.78 is 186. The first kappa shape index (κ1) is 98.9. The van der Waals surface area contributed by atoms with Crippen molar-refractivity contribution < 1.29 is 70.5 Å². The Balaban J connectivity index is 0.000000149. The molecule has 12 aromatic rings. The van der Waals surface area contributed by atoms with Crippen LogP contribution in [0.5, 0.6) is 5.75 Å². The maximum atomic E-state index is 13.7. The second kappa shape index (κ2) is 44.1. The molecule has 16 rings (SSSR count). The van der Waals surface area contributed by atoms with Crippen molar-refractivity contribution in [3.63, 3.8) is 0 Å². The SMILES string of the molecule is CC(C)CN(Cc1cccc(Cl)c1)S(=O)(=O)c1ccc2c(cnn2CC2CCOCC2)c1.CC(C)CN(c1ccc(C(C)C)cn1)S(=O)(=O)c1ccc2c(cnn2CC2CCOCC2)c1.CC(C)CN(c1ccc(OC(F)(F)F)cc1)S(=O)(=O)c1ccc2c(cnn2CC2CCOCC2)c1.Cc1ccccc1N(CC(C)C)S(=O)(=O)c1ccc2c(cnn2CC2CCOCC2)c1. The second-order valence-electron chi connectivity index (χ2n) is 36.5. The number of rotatable bonds is 31. The predicted molar refractivity (Wildman–Crippen MR) is 508 cm³/mol. The summed E-state index contributed by atoms with van der Waals surface area (Å²) in [5.74, 6) is 2.95. The van der Waals surface area contributed by atoms with Gasteiger partial charge in [0.1, 0.15) is 11.6 Å². The van der Waals surface area contributed by atoms with Gasteiger partial charge in [0.05, 0.1) is 77.8 Å². The Bertz CT molecular complexity index is 6270. The third-order valence-corrected chi connectivity index (χ3v) is 31.2. The molecule has 5 aromatic heterocycles. The Hall–Kier alpha value is -9.55. The van der Waals surface area contributed by atoms with Gasteiger partial charge in [0.2, 0.25) is 10.0 Å². The van der Waals surface area contributed by atoms with E-state index in [1.807, 2.05) is 148 Å². The lowest BCUT2D eigenvalue weighted by molar-refractivity contribution is -0.274. The number of anilines is 3. The zero-order valence-corrected chi connectivity index (χ0v) is 80.6. The molecular formula is C97H123ClF3N13O13S4. The number of aryl methyl sites for hydroxylation is 1. The fourth-order valence-electron chi connectivity index (χ4n) is 16.7. The van der Waals surface area contributed by atoms with E-state index >= 15 is 0 Å². The summed E-state index contributed by atoms with van der Waals surface area (Å²) in [4.78, 5) is 5.44. The number of alkyl halides is 3. The van der Waals surface area contributed by atoms with Crippen LogP contribution in [0, 0.1) is 54.3 Å². The van der Waals surface area contributed by atoms with Crippen LogP contribution in [0.15, 0.2) is 208 Å². The number of hydrogen-bond donors (Lipinski definition) is 0. The molecule has 4 fully saturated rings. The van der Waals surface area contributed by atoms with Gasteiger partial charge in [0.25, 0.3) is 30.1 Å². The molecule has 0 spiro atoms. The lowest BCUT2D eigenvalue weighted by Crippen LogP contribution is -2.35. The van der Waals surface area contributed by atoms with Crippen molar-refractivity contribution in [2.75, 3.05) is 91.9 Å². The molecule has 34 heteroatoms. The summed E-state index contributed by atoms with van der Waals surface area (Å²) in [5.41, 5.74) is 7.60. The number of benzene rings is 7. The normalized spacial score (nSPS) is 15.6. The first-order chi connectivity index (χ1) is 62.5. The predicted octanol–water partition coefficient (Wildman–Crippen LogP) is 19.6. The quantitative estimate of drug-likeness (QED) is 0.0390. The molecule has 0 radical (unpaired) electrons. The number of pyridine rings is 1. The van der Waals surface area contributed by atoms with Gasteiger partial charge >= 0.3 is 6.36 Å². The van der Waals surface area contributed by atoms with Crippen molar-refractivity contribution in [2.24, 2.45) is 47.3 Å². The number of fused-ring (bicyclic) bond motifs is 4. The van der Waals surface area contributed by atoms with Crippen LogP contribution in [-0.4, -0.2) is 167 Å². The number of aromatic nitrogens is 9. The van der Waals surface area contributed by atoms with E-state index in [-0.39, 0.29) is 52.2 Å². The van der Waals surface area contributed by atoms with Crippen LogP contribution in [0.2, 0.25) is 5.02 Å². The van der Waals surface area contributed by atoms with Gasteiger partial charge in [-0.25, -0.2) is 43.0 Å². The summed E-state index contributed by atoms with van der Waals surface area (Å²) in [7, 11) is -15.1. The summed E-state index contributed by atoms with van der Waals surface area (Å²) in [6, 6.07) is 44.4. The second-order valence-corrected chi connectivity index (χ2v) is 44.4. The van der Waals surface area contributed by atoms with Crippen molar-refractivity contribution in [3.8, 4) is 5.75 Å². The maximum Gasteiger partial charge on any atom is 0.573 e. The molecule has 9 heterocycles. The number of ether oxygens (including phenoxy) is 5. The van der Waals surface area contributed by atoms with Crippen molar-refractivity contribution in [2.45, 2.75) is 192 Å². The van der Waals surface area contributed by atoms with Gasteiger partial charge in [0, 0.05) is 145 Å². The van der Waals surface area contributed by atoms with Crippen LogP contribution < -0.4 is 17.7 Å². The summed E-state index contributed by atoms with van der Waals surface area (Å²) >= 11 is 6.12. The summed E-state index contributed by atoms with van der Waals surface area (Å²) in [6.07, 6.45) is 12.0. The molecule has 26 nitrogen and oxygen atoms in total. The summed E-state index contributed by atoms with van der Waals surface area (Å²) in [5, 5.41) is 21.9. The molecule has 706 valence electrons. The van der Waals surface area contributed by atoms with Gasteiger partial charge < -0.3 is 23.7 Å². The Kier molecular flexibility index (Phi) is 33.3. The van der Waals surface area contributed by atoms with Gasteiger partial charge in [0.15, 0.2) is 0 Å². The van der Waals surface area contributed by atoms with Crippen LogP contribution >= 0.6 is 11.6 Å². The van der Waals surface area contributed by atoms with E-state index in [1.54, 1.807) is 102 Å². The largest absolute Gasteiger partial charge is 0.573 e. The average Bonchev–Trinajstić information content (AvgIpc) is 1.77. The molecule has 0 bridgehead atoms. The highest BCUT2D eigenvalue weighted by Crippen LogP contribution is 2.37. The molecule has 4 aliphatic rings. The monoisotopic (exact) mass is 1900 g/mol. The van der Waals surface area contributed by atoms with E-state index in [9.17, 15) is 46.8 Å². The molecule has 0 unspecified atom stereocenters. The Morgan fingerprint density at radius 3 is 1.14 bits per heavy atom. The topological polar surface area (TPSA) is 280 Å². The van der Waals surface area contributed by atoms with Crippen molar-refractivity contribution in [1.29, 1.82) is 0 Å². The number of para-hydroxylation sites is 1. The standard InChI is InChI=1S/C25H34N4O3S.C24H30ClN3O3S.C24H28F3N3O4S.C24H31N3O3S/c1-18(2)16-29(25-8-5-21(14-26-25)19(3)4)33(30,31)23-6-7-24-22(13-23)15-27-28(24)17-20-9-11-32-12-10-20;1-18(2)15-27(16-20-4-3-5-22(25)12-20)32(29,30)23-6-7-24-21(13-23)14-26-28(24)17-19-8-10-31-11-9-19;1-17(2)15-30(20-3-5-21(6-4-20)34-24(25,26)27)35(31,32)22-7-8-23-19(13-22)14-28-29(23)16-18-9-11-33-12-10-18;1-18(2)16-27(23-7-5-4-6-19(23)3)31(28,29)22-8-9-24-21(14-22)15-25-26(24)17-20-10-12-30-13-11-20/h5-8,13-15,18-20H,9-12,16-17H2,1-4H3;3-7,12-14,18-19H,8-11,15-17H2,1-2H3;3-8,13-14,17-18H,9-12,15-16H2,1-2H3;4-9,14-15,18,20H,10-13,16-17H2,1-3H3. The number of sulfonamides is 4. The molecule has 0 atom stereocenters. The van der Waals surface area contributed by atoms with Crippen molar-refractivity contribution in [3.05, 3.63) is 210 Å². The number of hydrogen-bond acceptors (Lipinski definition) is 18. The van der Waals surface area contributed by atoms with Gasteiger partial charge in [-0.1, -0.05) is 117 Å². The van der Waals surface area contributed by atoms with E-state index < -0.39 is 52.2 Å². The first-order valence-corrected chi connectivity index (χ1v) is 51.4. The van der Waals surface area contributed by atoms with Crippen LogP contribution in [0.1, 0.15) is 143 Å². The molecule has 0 amide bonds. The van der Waals surface area contributed by atoms with Crippen LogP contribution in [-0.2, 0) is 91.8 Å². The van der Waals surface area contributed by atoms with Gasteiger partial charge in [-0.3, -0.25) is 27.3 Å². The van der Waals surface area contributed by atoms with Crippen LogP contribution in [0.4, 0.5) is 30.4 Å². The number of nitrogens with zero attached hydrogens (tertiary/aromatic N) is 13. The zero-order valence-electron chi connectivity index (χ0n) is 76.5. The Morgan fingerprint density at radius 1 is 0.412 bits per heavy atom. The minimum Gasteiger partial charge on any atom is -0.406 e. The van der Waals surface area contributed by atoms with Crippen LogP contribution in [0.25, 0.3) is 43.6 Å². The Labute approximate surface area is 773 Å². The van der Waals surface area contributed by atoms with E-state index in [4.69, 9.17) is 30.5 Å². The van der Waals surface area contributed by atoms with Crippen LogP contribution in [0.3, 0.4) is 0 Å². The lowest BCUT2D eigenvalue weighted by Gasteiger charge is -2.27. The summed E-state index contributed by atoms with van der Waals surface area (Å²) in [6.45, 7) is 33.1. The smallest absolute Gasteiger partial charge is 0.406 e. The highest BCUT2D eigenvalue weighted by Gasteiger charge is 2.35. The average molecular weight is 1900 g/mol. The van der Waals surface area contributed by atoms with Gasteiger partial charge in [-0.05, 0) is 250 Å². The van der Waals surface area contributed by atoms with Gasteiger partial charge in [-0.2, -0.15) is 24.7 Å². The lowest BCUT2D eigenvalue weighted by atomic mass is 10.0. The third kappa shape index (κ3) is 25.7. The molecule has 4 saturated heterocycles. The fraction of sp³-hybridized carbons (Fsp3) is 0.474. The Morgan fingerprint density at radius 2 is 0.779 bits per heavy atom. The highest BCUT2D eigenvalue weighted by molar-refractivity contribution is 7.93. The molecule has 0 aliphatic carbocycles. The van der Waals surface area contributed by atoms with E-state index in [0.29, 0.717) is 75.2 Å². The minimum atomic E-state index is -4.82. The molecule has 4 aliphatic heterocycles. The van der Waals surface area contributed by atoms with Gasteiger partial charge in [-0.15, -0.1) is 13.2 Å². The molecule has 131 heavy (non-hydrogen) atoms. The van der Waals surface area contributed by atoms with E-state index in [2.05, 4.69) is 44.0 Å². The molecule has 0 N–H and O–H groups in total. The van der Waals surface area contributed by atoms with Crippen molar-refractivity contribution in [1.82, 2.24) is 48.4 Å². The number of halogens is 4. The maximum absolute atomic E-state index is 13.7. The van der Waals surface area contributed by atoms with E-state index in [0.717, 1.165) is 203 Å². The molecular weight excluding hydrogens is 1780 g/mol. The minimum absolute atomic E-state index is 0.0261. The van der Waals surface area contributed by atoms with Crippen molar-refractivity contribution >= 4 is 112 Å². The first-order valence-electron chi connectivity index (χ1n) is 45.3.